The molecular weight excluding hydrogens is 270 g/mol. The highest BCUT2D eigenvalue weighted by molar-refractivity contribution is 7.89. The zero-order valence-corrected chi connectivity index (χ0v) is 11.2. The average Bonchev–Trinajstić information content (AvgIpc) is 2.06. The van der Waals surface area contributed by atoms with Crippen LogP contribution in [0.4, 0.5) is 0 Å². The molecule has 0 saturated heterocycles. The minimum atomic E-state index is -2.54. The Bertz CT molecular complexity index is 249. The second-order valence-corrected chi connectivity index (χ2v) is 20.9. The van der Waals surface area contributed by atoms with Crippen LogP contribution in [0, 0.1) is 0 Å². The monoisotopic (exact) mass is 274 g/mol. The van der Waals surface area contributed by atoms with Crippen LogP contribution < -0.4 is 5.19 Å². The third-order valence-electron chi connectivity index (χ3n) is 1.43. The first kappa shape index (κ1) is 10.9. The molecule has 0 atom stereocenters. The summed E-state index contributed by atoms with van der Waals surface area (Å²) in [6, 6.07) is 9.41. The summed E-state index contributed by atoms with van der Waals surface area (Å²) < 4.78 is 0. The molecule has 0 aliphatic carbocycles. The zero-order chi connectivity index (χ0) is 9.19. The van der Waals surface area contributed by atoms with Gasteiger partial charge in [0.15, 0.2) is 0 Å². The van der Waals surface area contributed by atoms with Gasteiger partial charge in [-0.05, 0) is 5.19 Å². The molecule has 0 saturated carbocycles. The second kappa shape index (κ2) is 4.35. The Morgan fingerprint density at radius 2 is 1.50 bits per heavy atom. The summed E-state index contributed by atoms with van der Waals surface area (Å²) in [5.41, 5.74) is 0. The summed E-state index contributed by atoms with van der Waals surface area (Å²) in [5.74, 6) is 0. The molecule has 0 aliphatic heterocycles. The van der Waals surface area contributed by atoms with Gasteiger partial charge in [0.25, 0.3) is 13.1 Å². The van der Waals surface area contributed by atoms with E-state index in [0.29, 0.717) is 0 Å². The van der Waals surface area contributed by atoms with Crippen molar-refractivity contribution in [3.8, 4) is 0 Å². The lowest BCUT2D eigenvalue weighted by Crippen LogP contribution is -2.46. The van der Waals surface area contributed by atoms with Crippen LogP contribution in [0.2, 0.25) is 0 Å². The topological polar surface area (TPSA) is 0 Å². The first-order valence-corrected chi connectivity index (χ1v) is 12.6. The highest BCUT2D eigenvalue weighted by atomic mass is 35.8. The van der Waals surface area contributed by atoms with Crippen molar-refractivity contribution in [2.24, 2.45) is 0 Å². The SMILES string of the molecule is Cl[SiH](Cl)[Si](Cl)(Cl)c1ccccc1. The van der Waals surface area contributed by atoms with E-state index in [1.807, 2.05) is 30.3 Å². The van der Waals surface area contributed by atoms with Gasteiger partial charge in [0.05, 0.1) is 0 Å². The second-order valence-electron chi connectivity index (χ2n) is 2.29. The molecule has 1 aromatic carbocycles. The van der Waals surface area contributed by atoms with Crippen molar-refractivity contribution in [1.82, 2.24) is 0 Å². The van der Waals surface area contributed by atoms with E-state index in [2.05, 4.69) is 0 Å². The minimum absolute atomic E-state index is 0.898. The van der Waals surface area contributed by atoms with Crippen LogP contribution in [0.5, 0.6) is 0 Å². The molecule has 66 valence electrons. The van der Waals surface area contributed by atoms with Gasteiger partial charge in [0, 0.05) is 0 Å². The Balaban J connectivity index is 2.98. The molecule has 6 heteroatoms. The first-order chi connectivity index (χ1) is 5.55. The predicted octanol–water partition coefficient (Wildman–Crippen LogP) is 2.59. The van der Waals surface area contributed by atoms with Crippen molar-refractivity contribution >= 4 is 62.6 Å². The Kier molecular flexibility index (Phi) is 3.95. The molecule has 0 fully saturated rings. The van der Waals surface area contributed by atoms with Crippen LogP contribution in [0.1, 0.15) is 0 Å². The minimum Gasteiger partial charge on any atom is -0.151 e. The third kappa shape index (κ3) is 2.40. The Labute approximate surface area is 92.6 Å². The van der Waals surface area contributed by atoms with Crippen molar-refractivity contribution in [3.05, 3.63) is 30.3 Å². The van der Waals surface area contributed by atoms with Crippen LogP contribution in [0.15, 0.2) is 30.3 Å². The van der Waals surface area contributed by atoms with Crippen LogP contribution in [0.3, 0.4) is 0 Å². The smallest absolute Gasteiger partial charge is 0.151 e. The van der Waals surface area contributed by atoms with E-state index in [0.717, 1.165) is 5.19 Å². The van der Waals surface area contributed by atoms with Crippen LogP contribution >= 0.6 is 44.3 Å². The van der Waals surface area contributed by atoms with Gasteiger partial charge in [0.2, 0.25) is 0 Å². The first-order valence-electron chi connectivity index (χ1n) is 3.26. The summed E-state index contributed by atoms with van der Waals surface area (Å²) in [7, 11) is 0. The summed E-state index contributed by atoms with van der Waals surface area (Å²) in [6.45, 7) is -1.99. The van der Waals surface area contributed by atoms with Gasteiger partial charge in [-0.25, -0.2) is 0 Å². The fourth-order valence-corrected chi connectivity index (χ4v) is 6.03. The quantitative estimate of drug-likeness (QED) is 0.575. The number of halogens is 4. The molecule has 0 unspecified atom stereocenters. The molecule has 0 spiro atoms. The van der Waals surface area contributed by atoms with E-state index in [9.17, 15) is 0 Å². The maximum absolute atomic E-state index is 6.10. The molecule has 1 rings (SSSR count). The lowest BCUT2D eigenvalue weighted by Gasteiger charge is -2.16. The van der Waals surface area contributed by atoms with Crippen LogP contribution in [0.25, 0.3) is 0 Å². The normalized spacial score (nSPS) is 12.1. The van der Waals surface area contributed by atoms with Gasteiger partial charge < -0.3 is 0 Å². The van der Waals surface area contributed by atoms with E-state index in [-0.39, 0.29) is 0 Å². The van der Waals surface area contributed by atoms with E-state index in [1.165, 1.54) is 0 Å². The Morgan fingerprint density at radius 1 is 1.00 bits per heavy atom. The van der Waals surface area contributed by atoms with E-state index in [1.54, 1.807) is 0 Å². The molecule has 0 amide bonds. The van der Waals surface area contributed by atoms with E-state index < -0.39 is 13.1 Å². The summed E-state index contributed by atoms with van der Waals surface area (Å²) >= 11 is 23.8. The highest BCUT2D eigenvalue weighted by Crippen LogP contribution is 2.23. The zero-order valence-electron chi connectivity index (χ0n) is 5.98. The number of hydrogen-bond acceptors (Lipinski definition) is 0. The van der Waals surface area contributed by atoms with E-state index >= 15 is 0 Å². The molecule has 0 bridgehead atoms. The molecule has 0 radical (unpaired) electrons. The van der Waals surface area contributed by atoms with Gasteiger partial charge in [-0.2, -0.15) is 22.2 Å². The predicted molar refractivity (Wildman–Crippen MR) is 62.4 cm³/mol. The molecular formula is C6H6Cl4Si2. The Hall–Kier alpha value is 0.814. The molecule has 0 nitrogen and oxygen atoms in total. The summed E-state index contributed by atoms with van der Waals surface area (Å²) in [5, 5.41) is 0.898. The fourth-order valence-electron chi connectivity index (χ4n) is 0.786. The molecule has 0 aliphatic rings. The lowest BCUT2D eigenvalue weighted by atomic mass is 10.4. The van der Waals surface area contributed by atoms with Gasteiger partial charge in [-0.1, -0.05) is 30.3 Å². The van der Waals surface area contributed by atoms with Gasteiger partial charge in [-0.15, -0.1) is 22.2 Å². The summed E-state index contributed by atoms with van der Waals surface area (Å²) in [4.78, 5) is 0. The number of hydrogen-bond donors (Lipinski definition) is 0. The van der Waals surface area contributed by atoms with Gasteiger partial charge >= 0.3 is 0 Å². The van der Waals surface area contributed by atoms with Crippen molar-refractivity contribution < 1.29 is 0 Å². The third-order valence-corrected chi connectivity index (χ3v) is 20.9. The Morgan fingerprint density at radius 3 is 1.92 bits per heavy atom. The standard InChI is InChI=1S/C6H6Cl4Si2/c7-11(8)12(9,10)6-4-2-1-3-5-6/h1-5,11H. The number of rotatable bonds is 2. The average molecular weight is 276 g/mol. The molecule has 0 N–H and O–H groups in total. The maximum atomic E-state index is 6.10. The largest absolute Gasteiger partial charge is 0.298 e. The number of benzene rings is 1. The molecule has 0 heterocycles. The summed E-state index contributed by atoms with van der Waals surface area (Å²) in [6.07, 6.45) is -2.54. The lowest BCUT2D eigenvalue weighted by molar-refractivity contribution is 1.77. The van der Waals surface area contributed by atoms with Gasteiger partial charge in [-0.3, -0.25) is 0 Å². The van der Waals surface area contributed by atoms with Crippen molar-refractivity contribution in [2.75, 3.05) is 0 Å². The van der Waals surface area contributed by atoms with Crippen molar-refractivity contribution in [1.29, 1.82) is 0 Å². The molecule has 1 aromatic rings. The van der Waals surface area contributed by atoms with Crippen molar-refractivity contribution in [2.45, 2.75) is 0 Å². The van der Waals surface area contributed by atoms with Crippen LogP contribution in [-0.4, -0.2) is 13.1 Å². The van der Waals surface area contributed by atoms with Crippen molar-refractivity contribution in [3.63, 3.8) is 0 Å². The highest BCUT2D eigenvalue weighted by Gasteiger charge is 2.40. The fraction of sp³-hybridized carbons (Fsp3) is 0. The molecule has 12 heavy (non-hydrogen) atoms. The van der Waals surface area contributed by atoms with E-state index in [4.69, 9.17) is 44.3 Å². The maximum Gasteiger partial charge on any atom is 0.298 e. The van der Waals surface area contributed by atoms with Gasteiger partial charge in [0.1, 0.15) is 0 Å². The molecule has 0 aromatic heterocycles. The van der Waals surface area contributed by atoms with Crippen LogP contribution in [-0.2, 0) is 0 Å².